The summed E-state index contributed by atoms with van der Waals surface area (Å²) in [5, 5.41) is 0. The van der Waals surface area contributed by atoms with Crippen molar-refractivity contribution >= 4 is 15.7 Å². The van der Waals surface area contributed by atoms with Crippen LogP contribution < -0.4 is 9.04 Å². The Morgan fingerprint density at radius 1 is 1.00 bits per heavy atom. The molecule has 4 nitrogen and oxygen atoms in total. The highest BCUT2D eigenvalue weighted by Crippen LogP contribution is 2.26. The van der Waals surface area contributed by atoms with Gasteiger partial charge in [-0.25, -0.2) is 8.42 Å². The topological polar surface area (TPSA) is 46.6 Å². The van der Waals surface area contributed by atoms with Crippen LogP contribution in [0.2, 0.25) is 0 Å². The normalized spacial score (nSPS) is 11.2. The van der Waals surface area contributed by atoms with Crippen LogP contribution in [-0.2, 0) is 10.0 Å². The first-order chi connectivity index (χ1) is 9.86. The average molecular weight is 305 g/mol. The van der Waals surface area contributed by atoms with Crippen molar-refractivity contribution in [3.8, 4) is 5.75 Å². The van der Waals surface area contributed by atoms with E-state index in [2.05, 4.69) is 0 Å². The van der Waals surface area contributed by atoms with E-state index in [9.17, 15) is 8.42 Å². The number of aryl methyl sites for hydroxylation is 2. The standard InChI is InChI=1S/C16H19NO3S/c1-12-5-10-16(13(2)11-12)17(3)21(18,19)15-8-6-14(20-4)7-9-15/h5-11H,1-4H3. The highest BCUT2D eigenvalue weighted by Gasteiger charge is 2.22. The van der Waals surface area contributed by atoms with Crippen molar-refractivity contribution in [2.24, 2.45) is 0 Å². The maximum atomic E-state index is 12.7. The number of rotatable bonds is 4. The van der Waals surface area contributed by atoms with E-state index in [4.69, 9.17) is 4.74 Å². The predicted octanol–water partition coefficient (Wildman–Crippen LogP) is 3.14. The summed E-state index contributed by atoms with van der Waals surface area (Å²) in [5.74, 6) is 0.628. The quantitative estimate of drug-likeness (QED) is 0.872. The largest absolute Gasteiger partial charge is 0.497 e. The van der Waals surface area contributed by atoms with Gasteiger partial charge in [-0.1, -0.05) is 17.7 Å². The Kier molecular flexibility index (Phi) is 4.23. The maximum Gasteiger partial charge on any atom is 0.264 e. The summed E-state index contributed by atoms with van der Waals surface area (Å²) in [7, 11) is -0.461. The monoisotopic (exact) mass is 305 g/mol. The maximum absolute atomic E-state index is 12.7. The number of methoxy groups -OCH3 is 1. The minimum atomic E-state index is -3.57. The Bertz CT molecular complexity index is 737. The second-order valence-corrected chi connectivity index (χ2v) is 6.91. The fraction of sp³-hybridized carbons (Fsp3) is 0.250. The number of hydrogen-bond donors (Lipinski definition) is 0. The van der Waals surface area contributed by atoms with Crippen molar-refractivity contribution in [2.75, 3.05) is 18.5 Å². The lowest BCUT2D eigenvalue weighted by atomic mass is 10.1. The number of ether oxygens (including phenoxy) is 1. The van der Waals surface area contributed by atoms with E-state index in [-0.39, 0.29) is 4.90 Å². The lowest BCUT2D eigenvalue weighted by molar-refractivity contribution is 0.414. The summed E-state index contributed by atoms with van der Waals surface area (Å²) in [6.07, 6.45) is 0. The third-order valence-electron chi connectivity index (χ3n) is 3.41. The van der Waals surface area contributed by atoms with Gasteiger partial charge in [0.2, 0.25) is 0 Å². The number of anilines is 1. The molecule has 0 fully saturated rings. The van der Waals surface area contributed by atoms with Crippen LogP contribution in [0.4, 0.5) is 5.69 Å². The van der Waals surface area contributed by atoms with Gasteiger partial charge in [-0.15, -0.1) is 0 Å². The van der Waals surface area contributed by atoms with E-state index < -0.39 is 10.0 Å². The van der Waals surface area contributed by atoms with E-state index in [1.165, 1.54) is 4.31 Å². The third kappa shape index (κ3) is 3.03. The van der Waals surface area contributed by atoms with Crippen molar-refractivity contribution in [3.05, 3.63) is 53.6 Å². The summed E-state index contributed by atoms with van der Waals surface area (Å²) < 4.78 is 31.7. The van der Waals surface area contributed by atoms with Crippen LogP contribution in [0, 0.1) is 13.8 Å². The van der Waals surface area contributed by atoms with Gasteiger partial charge in [0.25, 0.3) is 10.0 Å². The lowest BCUT2D eigenvalue weighted by Crippen LogP contribution is -2.27. The smallest absolute Gasteiger partial charge is 0.264 e. The molecule has 2 aromatic rings. The van der Waals surface area contributed by atoms with Gasteiger partial charge in [0.05, 0.1) is 17.7 Å². The Balaban J connectivity index is 2.42. The third-order valence-corrected chi connectivity index (χ3v) is 5.20. The molecule has 0 aliphatic carbocycles. The molecule has 0 aliphatic heterocycles. The minimum absolute atomic E-state index is 0.241. The van der Waals surface area contributed by atoms with Crippen molar-refractivity contribution in [1.82, 2.24) is 0 Å². The highest BCUT2D eigenvalue weighted by molar-refractivity contribution is 7.92. The Hall–Kier alpha value is -2.01. The van der Waals surface area contributed by atoms with Crippen LogP contribution in [0.3, 0.4) is 0 Å². The van der Waals surface area contributed by atoms with Crippen LogP contribution >= 0.6 is 0 Å². The fourth-order valence-corrected chi connectivity index (χ4v) is 3.45. The molecule has 0 heterocycles. The summed E-state index contributed by atoms with van der Waals surface area (Å²) in [6.45, 7) is 3.89. The van der Waals surface area contributed by atoms with E-state index in [1.807, 2.05) is 32.0 Å². The Labute approximate surface area is 126 Å². The van der Waals surface area contributed by atoms with Crippen LogP contribution in [0.1, 0.15) is 11.1 Å². The van der Waals surface area contributed by atoms with Crippen LogP contribution in [0.5, 0.6) is 5.75 Å². The molecule has 0 atom stereocenters. The van der Waals surface area contributed by atoms with Crippen LogP contribution in [-0.4, -0.2) is 22.6 Å². The first-order valence-corrected chi connectivity index (χ1v) is 8.00. The van der Waals surface area contributed by atoms with Gasteiger partial charge in [-0.3, -0.25) is 4.31 Å². The van der Waals surface area contributed by atoms with E-state index in [0.29, 0.717) is 11.4 Å². The fourth-order valence-electron chi connectivity index (χ4n) is 2.19. The summed E-state index contributed by atoms with van der Waals surface area (Å²) in [6, 6.07) is 12.1. The van der Waals surface area contributed by atoms with Crippen molar-refractivity contribution in [1.29, 1.82) is 0 Å². The van der Waals surface area contributed by atoms with Gasteiger partial charge in [-0.05, 0) is 49.7 Å². The molecule has 21 heavy (non-hydrogen) atoms. The Morgan fingerprint density at radius 3 is 2.14 bits per heavy atom. The molecule has 2 aromatic carbocycles. The zero-order chi connectivity index (χ0) is 15.6. The minimum Gasteiger partial charge on any atom is -0.497 e. The molecule has 0 radical (unpaired) electrons. The predicted molar refractivity (Wildman–Crippen MR) is 84.5 cm³/mol. The van der Waals surface area contributed by atoms with Gasteiger partial charge in [0, 0.05) is 7.05 Å². The first kappa shape index (κ1) is 15.4. The zero-order valence-corrected chi connectivity index (χ0v) is 13.4. The van der Waals surface area contributed by atoms with Crippen LogP contribution in [0.15, 0.2) is 47.4 Å². The second kappa shape index (κ2) is 5.77. The van der Waals surface area contributed by atoms with E-state index >= 15 is 0 Å². The summed E-state index contributed by atoms with van der Waals surface area (Å²) >= 11 is 0. The number of hydrogen-bond acceptors (Lipinski definition) is 3. The average Bonchev–Trinajstić information content (AvgIpc) is 2.46. The van der Waals surface area contributed by atoms with Crippen LogP contribution in [0.25, 0.3) is 0 Å². The molecule has 0 unspecified atom stereocenters. The van der Waals surface area contributed by atoms with Crippen molar-refractivity contribution in [2.45, 2.75) is 18.7 Å². The molecule has 2 rings (SSSR count). The molecular formula is C16H19NO3S. The summed E-state index contributed by atoms with van der Waals surface area (Å²) in [5.41, 5.74) is 2.71. The molecule has 0 aromatic heterocycles. The molecule has 112 valence electrons. The number of benzene rings is 2. The molecule has 5 heteroatoms. The molecule has 0 spiro atoms. The molecule has 0 aliphatic rings. The van der Waals surface area contributed by atoms with Crippen molar-refractivity contribution in [3.63, 3.8) is 0 Å². The molecule has 0 saturated heterocycles. The van der Waals surface area contributed by atoms with Gasteiger partial charge >= 0.3 is 0 Å². The number of nitrogens with zero attached hydrogens (tertiary/aromatic N) is 1. The molecule has 0 bridgehead atoms. The Morgan fingerprint density at radius 2 is 1.62 bits per heavy atom. The summed E-state index contributed by atoms with van der Waals surface area (Å²) in [4.78, 5) is 0.241. The van der Waals surface area contributed by atoms with Gasteiger partial charge < -0.3 is 4.74 Å². The molecule has 0 N–H and O–H groups in total. The lowest BCUT2D eigenvalue weighted by Gasteiger charge is -2.21. The second-order valence-electron chi connectivity index (χ2n) is 4.94. The zero-order valence-electron chi connectivity index (χ0n) is 12.6. The SMILES string of the molecule is COc1ccc(S(=O)(=O)N(C)c2ccc(C)cc2C)cc1. The van der Waals surface area contributed by atoms with Gasteiger partial charge in [0.15, 0.2) is 0 Å². The van der Waals surface area contributed by atoms with E-state index in [0.717, 1.165) is 11.1 Å². The molecular weight excluding hydrogens is 286 g/mol. The highest BCUT2D eigenvalue weighted by atomic mass is 32.2. The first-order valence-electron chi connectivity index (χ1n) is 6.56. The molecule has 0 amide bonds. The van der Waals surface area contributed by atoms with Crippen molar-refractivity contribution < 1.29 is 13.2 Å². The van der Waals surface area contributed by atoms with E-state index in [1.54, 1.807) is 38.4 Å². The van der Waals surface area contributed by atoms with Gasteiger partial charge in [0.1, 0.15) is 5.75 Å². The van der Waals surface area contributed by atoms with Gasteiger partial charge in [-0.2, -0.15) is 0 Å². The number of sulfonamides is 1. The molecule has 0 saturated carbocycles.